The summed E-state index contributed by atoms with van der Waals surface area (Å²) in [6.07, 6.45) is 0.945. The zero-order valence-corrected chi connectivity index (χ0v) is 18.2. The second-order valence-electron chi connectivity index (χ2n) is 6.60. The van der Waals surface area contributed by atoms with Gasteiger partial charge in [0.2, 0.25) is 0 Å². The first-order valence-electron chi connectivity index (χ1n) is 8.93. The van der Waals surface area contributed by atoms with Crippen LogP contribution >= 0.6 is 0 Å². The van der Waals surface area contributed by atoms with Crippen molar-refractivity contribution in [3.8, 4) is 0 Å². The largest absolute Gasteiger partial charge is 0.466 e. The van der Waals surface area contributed by atoms with Crippen molar-refractivity contribution in [2.75, 3.05) is 24.3 Å². The molecule has 0 aliphatic heterocycles. The summed E-state index contributed by atoms with van der Waals surface area (Å²) in [6.45, 7) is 5.63. The molecule has 0 saturated heterocycles. The summed E-state index contributed by atoms with van der Waals surface area (Å²) in [5, 5.41) is 2.72. The Kier molecular flexibility index (Phi) is 7.23. The molecular weight excluding hydrogens is 408 g/mol. The van der Waals surface area contributed by atoms with Gasteiger partial charge in [-0.05, 0) is 56.2 Å². The molecule has 0 unspecified atom stereocenters. The van der Waals surface area contributed by atoms with Crippen LogP contribution in [0.5, 0.6) is 0 Å². The van der Waals surface area contributed by atoms with Gasteiger partial charge in [-0.2, -0.15) is 0 Å². The molecule has 2 aromatic carbocycles. The van der Waals surface area contributed by atoms with Crippen LogP contribution in [0.15, 0.2) is 53.1 Å². The lowest BCUT2D eigenvalue weighted by Crippen LogP contribution is -2.16. The highest BCUT2D eigenvalue weighted by Crippen LogP contribution is 2.25. The minimum absolute atomic E-state index is 0.0454. The Balaban J connectivity index is 2.27. The molecule has 30 heavy (non-hydrogen) atoms. The summed E-state index contributed by atoms with van der Waals surface area (Å²) in [7, 11) is -1.47. The average Bonchev–Trinajstić information content (AvgIpc) is 2.69. The van der Waals surface area contributed by atoms with Gasteiger partial charge in [0.1, 0.15) is 5.70 Å². The number of carbonyl (C=O) groups excluding carboxylic acids is 2. The fourth-order valence-electron chi connectivity index (χ4n) is 2.84. The van der Waals surface area contributed by atoms with E-state index >= 15 is 0 Å². The van der Waals surface area contributed by atoms with Crippen molar-refractivity contribution >= 4 is 33.3 Å². The second-order valence-corrected chi connectivity index (χ2v) is 8.28. The number of rotatable bonds is 7. The predicted molar refractivity (Wildman–Crippen MR) is 114 cm³/mol. The molecule has 2 N–H and O–H groups in total. The maximum atomic E-state index is 12.8. The first-order chi connectivity index (χ1) is 14.1. The monoisotopic (exact) mass is 432 g/mol. The summed E-state index contributed by atoms with van der Waals surface area (Å²) < 4.78 is 37.3. The first-order valence-corrected chi connectivity index (χ1v) is 10.4. The molecule has 0 aliphatic carbocycles. The van der Waals surface area contributed by atoms with Crippen LogP contribution in [0.4, 0.5) is 11.4 Å². The molecule has 2 aromatic rings. The molecule has 0 radical (unpaired) electrons. The SMILES string of the molecule is COC(=O)/C=C(/Nc1ccc(S(=O)(=O)Nc2c(C)cc(C)cc2C)cc1)C(=O)OC. The topological polar surface area (TPSA) is 111 Å². The molecule has 9 heteroatoms. The maximum Gasteiger partial charge on any atom is 0.354 e. The van der Waals surface area contributed by atoms with Gasteiger partial charge >= 0.3 is 11.9 Å². The van der Waals surface area contributed by atoms with Crippen LogP contribution in [0.25, 0.3) is 0 Å². The molecule has 0 aromatic heterocycles. The van der Waals surface area contributed by atoms with Crippen molar-refractivity contribution in [3.05, 3.63) is 64.9 Å². The van der Waals surface area contributed by atoms with E-state index in [2.05, 4.69) is 19.5 Å². The van der Waals surface area contributed by atoms with Gasteiger partial charge in [0.05, 0.1) is 30.9 Å². The summed E-state index contributed by atoms with van der Waals surface area (Å²) >= 11 is 0. The van der Waals surface area contributed by atoms with Crippen molar-refractivity contribution in [1.29, 1.82) is 0 Å². The quantitative estimate of drug-likeness (QED) is 0.511. The Hall–Kier alpha value is -3.33. The van der Waals surface area contributed by atoms with Gasteiger partial charge in [-0.1, -0.05) is 17.7 Å². The van der Waals surface area contributed by atoms with Crippen molar-refractivity contribution in [1.82, 2.24) is 0 Å². The molecular formula is C21H24N2O6S. The summed E-state index contributed by atoms with van der Waals surface area (Å²) in [6, 6.07) is 9.52. The predicted octanol–water partition coefficient (Wildman–Crippen LogP) is 3.05. The molecule has 160 valence electrons. The number of anilines is 2. The van der Waals surface area contributed by atoms with Crippen LogP contribution in [-0.4, -0.2) is 34.6 Å². The lowest BCUT2D eigenvalue weighted by atomic mass is 10.1. The number of benzene rings is 2. The fraction of sp³-hybridized carbons (Fsp3) is 0.238. The molecule has 0 saturated carbocycles. The molecule has 0 atom stereocenters. The lowest BCUT2D eigenvalue weighted by molar-refractivity contribution is -0.138. The summed E-state index contributed by atoms with van der Waals surface area (Å²) in [5.41, 5.74) is 3.47. The van der Waals surface area contributed by atoms with E-state index < -0.39 is 22.0 Å². The van der Waals surface area contributed by atoms with E-state index in [-0.39, 0.29) is 10.6 Å². The van der Waals surface area contributed by atoms with Crippen molar-refractivity contribution in [3.63, 3.8) is 0 Å². The van der Waals surface area contributed by atoms with E-state index in [1.165, 1.54) is 38.5 Å². The molecule has 0 bridgehead atoms. The van der Waals surface area contributed by atoms with Gasteiger partial charge in [0.25, 0.3) is 10.0 Å². The number of carbonyl (C=O) groups is 2. The van der Waals surface area contributed by atoms with Crippen LogP contribution in [-0.2, 0) is 29.1 Å². The minimum Gasteiger partial charge on any atom is -0.466 e. The third-order valence-electron chi connectivity index (χ3n) is 4.23. The molecule has 0 spiro atoms. The summed E-state index contributed by atoms with van der Waals surface area (Å²) in [4.78, 5) is 23.3. The van der Waals surface area contributed by atoms with Gasteiger partial charge in [-0.3, -0.25) is 4.72 Å². The standard InChI is InChI=1S/C21H24N2O6S/c1-13-10-14(2)20(15(3)11-13)23-30(26,27)17-8-6-16(7-9-17)22-18(21(25)29-5)12-19(24)28-4/h6-12,22-23H,1-5H3/b18-12+. The molecule has 0 heterocycles. The molecule has 0 amide bonds. The number of aryl methyl sites for hydroxylation is 3. The third-order valence-corrected chi connectivity index (χ3v) is 5.59. The number of ether oxygens (including phenoxy) is 2. The second kappa shape index (κ2) is 9.45. The number of methoxy groups -OCH3 is 2. The first kappa shape index (κ1) is 23.0. The maximum absolute atomic E-state index is 12.8. The fourth-order valence-corrected chi connectivity index (χ4v) is 4.04. The Morgan fingerprint density at radius 2 is 1.50 bits per heavy atom. The lowest BCUT2D eigenvalue weighted by Gasteiger charge is -2.15. The minimum atomic E-state index is -3.82. The van der Waals surface area contributed by atoms with Gasteiger partial charge in [-0.15, -0.1) is 0 Å². The highest BCUT2D eigenvalue weighted by molar-refractivity contribution is 7.92. The normalized spacial score (nSPS) is 11.6. The Morgan fingerprint density at radius 1 is 0.933 bits per heavy atom. The van der Waals surface area contributed by atoms with E-state index in [0.717, 1.165) is 22.8 Å². The Morgan fingerprint density at radius 3 is 2.00 bits per heavy atom. The van der Waals surface area contributed by atoms with E-state index in [1.807, 2.05) is 32.9 Å². The van der Waals surface area contributed by atoms with E-state index in [9.17, 15) is 18.0 Å². The van der Waals surface area contributed by atoms with Crippen LogP contribution in [0, 0.1) is 20.8 Å². The number of esters is 2. The average molecular weight is 432 g/mol. The highest BCUT2D eigenvalue weighted by atomic mass is 32.2. The van der Waals surface area contributed by atoms with Gasteiger partial charge in [0, 0.05) is 5.69 Å². The van der Waals surface area contributed by atoms with Gasteiger partial charge < -0.3 is 14.8 Å². The number of nitrogens with one attached hydrogen (secondary N) is 2. The molecule has 0 fully saturated rings. The molecule has 2 rings (SSSR count). The zero-order chi connectivity index (χ0) is 22.5. The van der Waals surface area contributed by atoms with Crippen molar-refractivity contribution < 1.29 is 27.5 Å². The zero-order valence-electron chi connectivity index (χ0n) is 17.4. The Bertz CT molecular complexity index is 1070. The molecule has 0 aliphatic rings. The van der Waals surface area contributed by atoms with Crippen molar-refractivity contribution in [2.24, 2.45) is 0 Å². The van der Waals surface area contributed by atoms with Crippen LogP contribution in [0.1, 0.15) is 16.7 Å². The number of sulfonamides is 1. The number of hydrogen-bond acceptors (Lipinski definition) is 7. The van der Waals surface area contributed by atoms with Gasteiger partial charge in [0.15, 0.2) is 0 Å². The number of hydrogen-bond donors (Lipinski definition) is 2. The van der Waals surface area contributed by atoms with E-state index in [1.54, 1.807) is 0 Å². The van der Waals surface area contributed by atoms with Crippen LogP contribution in [0.3, 0.4) is 0 Å². The van der Waals surface area contributed by atoms with E-state index in [4.69, 9.17) is 0 Å². The van der Waals surface area contributed by atoms with Gasteiger partial charge in [-0.25, -0.2) is 18.0 Å². The van der Waals surface area contributed by atoms with Crippen LogP contribution in [0.2, 0.25) is 0 Å². The van der Waals surface area contributed by atoms with E-state index in [0.29, 0.717) is 11.4 Å². The van der Waals surface area contributed by atoms with Crippen molar-refractivity contribution in [2.45, 2.75) is 25.7 Å². The smallest absolute Gasteiger partial charge is 0.354 e. The highest BCUT2D eigenvalue weighted by Gasteiger charge is 2.18. The summed E-state index contributed by atoms with van der Waals surface area (Å²) in [5.74, 6) is -1.51. The third kappa shape index (κ3) is 5.60. The Labute approximate surface area is 175 Å². The molecule has 8 nitrogen and oxygen atoms in total. The van der Waals surface area contributed by atoms with Crippen LogP contribution < -0.4 is 10.0 Å².